The lowest BCUT2D eigenvalue weighted by atomic mass is 10.1. The fourth-order valence-electron chi connectivity index (χ4n) is 3.90. The molecule has 5 aromatic rings. The third-order valence-corrected chi connectivity index (χ3v) is 6.26. The van der Waals surface area contributed by atoms with Crippen molar-refractivity contribution < 1.29 is 0 Å². The molecule has 0 saturated carbocycles. The molecular formula is C24H15N3S. The van der Waals surface area contributed by atoms with Crippen molar-refractivity contribution >= 4 is 50.6 Å². The van der Waals surface area contributed by atoms with E-state index in [1.165, 1.54) is 21.2 Å². The number of rotatable bonds is 1. The first kappa shape index (κ1) is 15.7. The summed E-state index contributed by atoms with van der Waals surface area (Å²) in [6.07, 6.45) is 3.72. The Morgan fingerprint density at radius 1 is 0.571 bits per heavy atom. The lowest BCUT2D eigenvalue weighted by Gasteiger charge is -2.33. The standard InChI is InChI=1S/C24H15N3S/c1-3-9-21-19(7-1)27(20-8-2-4-10-22(20)28-21)18-13-15-26-24-17(18)12-11-16-6-5-14-25-23(16)24/h1-15H. The number of benzene rings is 3. The van der Waals surface area contributed by atoms with Crippen molar-refractivity contribution in [2.24, 2.45) is 0 Å². The largest absolute Gasteiger partial charge is 0.307 e. The van der Waals surface area contributed by atoms with Gasteiger partial charge >= 0.3 is 0 Å². The summed E-state index contributed by atoms with van der Waals surface area (Å²) in [5.41, 5.74) is 5.39. The Kier molecular flexibility index (Phi) is 3.40. The Morgan fingerprint density at radius 2 is 1.29 bits per heavy atom. The van der Waals surface area contributed by atoms with Gasteiger partial charge in [-0.1, -0.05) is 48.2 Å². The Morgan fingerprint density at radius 3 is 2.07 bits per heavy atom. The number of hydrogen-bond donors (Lipinski definition) is 0. The van der Waals surface area contributed by atoms with Gasteiger partial charge in [0.05, 0.1) is 28.1 Å². The van der Waals surface area contributed by atoms with Gasteiger partial charge < -0.3 is 4.90 Å². The molecule has 28 heavy (non-hydrogen) atoms. The van der Waals surface area contributed by atoms with Crippen LogP contribution in [-0.4, -0.2) is 9.97 Å². The zero-order valence-corrected chi connectivity index (χ0v) is 15.7. The molecule has 0 fully saturated rings. The van der Waals surface area contributed by atoms with E-state index in [0.29, 0.717) is 0 Å². The highest BCUT2D eigenvalue weighted by Gasteiger charge is 2.25. The van der Waals surface area contributed by atoms with Crippen LogP contribution < -0.4 is 4.90 Å². The van der Waals surface area contributed by atoms with E-state index in [-0.39, 0.29) is 0 Å². The van der Waals surface area contributed by atoms with E-state index < -0.39 is 0 Å². The first-order valence-electron chi connectivity index (χ1n) is 9.19. The Hall–Kier alpha value is -3.37. The van der Waals surface area contributed by atoms with Gasteiger partial charge in [-0.25, -0.2) is 0 Å². The molecule has 6 rings (SSSR count). The Bertz CT molecular complexity index is 1320. The first-order valence-corrected chi connectivity index (χ1v) is 10.0. The van der Waals surface area contributed by atoms with Crippen LogP contribution in [0.15, 0.2) is 101 Å². The molecule has 3 nitrogen and oxygen atoms in total. The zero-order valence-electron chi connectivity index (χ0n) is 14.9. The smallest absolute Gasteiger partial charge is 0.0985 e. The minimum atomic E-state index is 0.934. The summed E-state index contributed by atoms with van der Waals surface area (Å²) in [6, 6.07) is 27.6. The van der Waals surface area contributed by atoms with Crippen molar-refractivity contribution in [1.29, 1.82) is 0 Å². The van der Waals surface area contributed by atoms with Crippen molar-refractivity contribution in [3.63, 3.8) is 0 Å². The fraction of sp³-hybridized carbons (Fsp3) is 0. The molecule has 0 atom stereocenters. The molecular weight excluding hydrogens is 362 g/mol. The molecule has 0 bridgehead atoms. The zero-order chi connectivity index (χ0) is 18.5. The number of fused-ring (bicyclic) bond motifs is 5. The van der Waals surface area contributed by atoms with Crippen LogP contribution in [0.2, 0.25) is 0 Å². The second kappa shape index (κ2) is 6.08. The summed E-state index contributed by atoms with van der Waals surface area (Å²) >= 11 is 1.82. The van der Waals surface area contributed by atoms with E-state index in [2.05, 4.69) is 87.7 Å². The van der Waals surface area contributed by atoms with Gasteiger partial charge in [-0.2, -0.15) is 0 Å². The number of nitrogens with zero attached hydrogens (tertiary/aromatic N) is 3. The molecule has 0 amide bonds. The minimum Gasteiger partial charge on any atom is -0.307 e. The summed E-state index contributed by atoms with van der Waals surface area (Å²) in [5, 5.41) is 2.21. The van der Waals surface area contributed by atoms with Gasteiger partial charge in [0.2, 0.25) is 0 Å². The number of anilines is 3. The molecule has 3 aromatic carbocycles. The van der Waals surface area contributed by atoms with Crippen LogP contribution in [0.4, 0.5) is 17.1 Å². The van der Waals surface area contributed by atoms with Crippen molar-refractivity contribution in [3.05, 3.63) is 91.3 Å². The van der Waals surface area contributed by atoms with E-state index in [9.17, 15) is 0 Å². The minimum absolute atomic E-state index is 0.934. The van der Waals surface area contributed by atoms with Crippen molar-refractivity contribution in [2.45, 2.75) is 9.79 Å². The topological polar surface area (TPSA) is 29.0 Å². The van der Waals surface area contributed by atoms with Gasteiger partial charge in [-0.05, 0) is 42.5 Å². The van der Waals surface area contributed by atoms with E-state index >= 15 is 0 Å². The molecule has 0 spiro atoms. The normalized spacial score (nSPS) is 12.8. The van der Waals surface area contributed by atoms with Crippen molar-refractivity contribution in [3.8, 4) is 0 Å². The Balaban J connectivity index is 1.70. The van der Waals surface area contributed by atoms with Crippen LogP contribution in [-0.2, 0) is 0 Å². The molecule has 132 valence electrons. The molecule has 0 unspecified atom stereocenters. The van der Waals surface area contributed by atoms with Crippen molar-refractivity contribution in [2.75, 3.05) is 4.90 Å². The number of hydrogen-bond acceptors (Lipinski definition) is 4. The molecule has 1 aliphatic heterocycles. The molecule has 1 aliphatic rings. The van der Waals surface area contributed by atoms with Gasteiger partial charge in [-0.15, -0.1) is 0 Å². The fourth-order valence-corrected chi connectivity index (χ4v) is 4.96. The van der Waals surface area contributed by atoms with Crippen LogP contribution in [0.25, 0.3) is 21.8 Å². The summed E-state index contributed by atoms with van der Waals surface area (Å²) < 4.78 is 0. The van der Waals surface area contributed by atoms with Gasteiger partial charge in [0.15, 0.2) is 0 Å². The highest BCUT2D eigenvalue weighted by atomic mass is 32.2. The predicted octanol–water partition coefficient (Wildman–Crippen LogP) is 6.72. The van der Waals surface area contributed by atoms with Crippen LogP contribution in [0, 0.1) is 0 Å². The predicted molar refractivity (Wildman–Crippen MR) is 116 cm³/mol. The summed E-state index contributed by atoms with van der Waals surface area (Å²) in [7, 11) is 0. The maximum Gasteiger partial charge on any atom is 0.0985 e. The molecule has 0 radical (unpaired) electrons. The lowest BCUT2D eigenvalue weighted by molar-refractivity contribution is 1.17. The quantitative estimate of drug-likeness (QED) is 0.298. The number of pyridine rings is 2. The highest BCUT2D eigenvalue weighted by molar-refractivity contribution is 7.99. The van der Waals surface area contributed by atoms with E-state index in [0.717, 1.165) is 27.5 Å². The van der Waals surface area contributed by atoms with Crippen LogP contribution >= 0.6 is 11.8 Å². The second-order valence-electron chi connectivity index (χ2n) is 6.74. The number of aromatic nitrogens is 2. The first-order chi connectivity index (χ1) is 13.9. The average molecular weight is 377 g/mol. The molecule has 4 heteroatoms. The van der Waals surface area contributed by atoms with Crippen LogP contribution in [0.3, 0.4) is 0 Å². The molecule has 0 N–H and O–H groups in total. The van der Waals surface area contributed by atoms with Crippen LogP contribution in [0.5, 0.6) is 0 Å². The molecule has 0 aliphatic carbocycles. The Labute approximate surface area is 166 Å². The average Bonchev–Trinajstić information content (AvgIpc) is 2.77. The van der Waals surface area contributed by atoms with Crippen LogP contribution in [0.1, 0.15) is 0 Å². The summed E-state index contributed by atoms with van der Waals surface area (Å²) in [5.74, 6) is 0. The highest BCUT2D eigenvalue weighted by Crippen LogP contribution is 2.52. The van der Waals surface area contributed by atoms with Gasteiger partial charge in [0.1, 0.15) is 0 Å². The van der Waals surface area contributed by atoms with E-state index in [1.54, 1.807) is 0 Å². The maximum absolute atomic E-state index is 4.68. The van der Waals surface area contributed by atoms with E-state index in [1.807, 2.05) is 30.2 Å². The summed E-state index contributed by atoms with van der Waals surface area (Å²) in [6.45, 7) is 0. The van der Waals surface area contributed by atoms with Gasteiger partial charge in [0, 0.05) is 33.0 Å². The van der Waals surface area contributed by atoms with Gasteiger partial charge in [-0.3, -0.25) is 9.97 Å². The monoisotopic (exact) mass is 377 g/mol. The SMILES string of the molecule is c1ccc2c(c1)Sc1ccccc1N2c1ccnc2c1ccc1cccnc12. The molecule has 3 heterocycles. The third kappa shape index (κ3) is 2.25. The maximum atomic E-state index is 4.68. The van der Waals surface area contributed by atoms with E-state index in [4.69, 9.17) is 0 Å². The number of para-hydroxylation sites is 2. The summed E-state index contributed by atoms with van der Waals surface area (Å²) in [4.78, 5) is 14.1. The van der Waals surface area contributed by atoms with Crippen molar-refractivity contribution in [1.82, 2.24) is 9.97 Å². The van der Waals surface area contributed by atoms with Gasteiger partial charge in [0.25, 0.3) is 0 Å². The second-order valence-corrected chi connectivity index (χ2v) is 7.82. The third-order valence-electron chi connectivity index (χ3n) is 5.13. The molecule has 0 saturated heterocycles. The molecule has 2 aromatic heterocycles. The lowest BCUT2D eigenvalue weighted by Crippen LogP contribution is -2.15.